The molecule has 7 heteroatoms. The highest BCUT2D eigenvalue weighted by molar-refractivity contribution is 9.11. The topological polar surface area (TPSA) is 41.0 Å². The van der Waals surface area contributed by atoms with Gasteiger partial charge in [-0.05, 0) is 46.1 Å². The Balaban J connectivity index is 2.19. The first-order chi connectivity index (χ1) is 9.62. The van der Waals surface area contributed by atoms with Crippen LogP contribution < -0.4 is 10.2 Å². The third-order valence-electron chi connectivity index (χ3n) is 2.67. The number of hydrogen-bond acceptors (Lipinski definition) is 6. The van der Waals surface area contributed by atoms with Crippen LogP contribution in [0.1, 0.15) is 12.5 Å². The fourth-order valence-electron chi connectivity index (χ4n) is 1.75. The zero-order valence-electron chi connectivity index (χ0n) is 11.7. The molecule has 2 aromatic rings. The summed E-state index contributed by atoms with van der Waals surface area (Å²) in [5.41, 5.74) is 1.28. The number of anilines is 2. The van der Waals surface area contributed by atoms with Crippen LogP contribution >= 0.6 is 39.0 Å². The molecule has 0 amide bonds. The summed E-state index contributed by atoms with van der Waals surface area (Å²) in [5, 5.41) is 6.19. The Labute approximate surface area is 136 Å². The molecule has 0 atom stereocenters. The molecule has 0 bridgehead atoms. The average molecular weight is 373 g/mol. The van der Waals surface area contributed by atoms with Crippen LogP contribution in [0.5, 0.6) is 0 Å². The fourth-order valence-corrected chi connectivity index (χ4v) is 3.33. The van der Waals surface area contributed by atoms with E-state index < -0.39 is 0 Å². The Kier molecular flexibility index (Phi) is 5.68. The minimum Gasteiger partial charge on any atom is -0.370 e. The lowest BCUT2D eigenvalue weighted by Gasteiger charge is -2.19. The molecule has 0 fully saturated rings. The van der Waals surface area contributed by atoms with Gasteiger partial charge in [0, 0.05) is 26.2 Å². The van der Waals surface area contributed by atoms with Crippen molar-refractivity contribution in [1.82, 2.24) is 9.97 Å². The predicted molar refractivity (Wildman–Crippen MR) is 92.1 cm³/mol. The third-order valence-corrected chi connectivity index (χ3v) is 4.77. The molecule has 0 radical (unpaired) electrons. The van der Waals surface area contributed by atoms with Gasteiger partial charge in [0.1, 0.15) is 11.6 Å². The molecule has 4 nitrogen and oxygen atoms in total. The van der Waals surface area contributed by atoms with Crippen molar-refractivity contribution < 1.29 is 0 Å². The van der Waals surface area contributed by atoms with E-state index >= 15 is 0 Å². The molecule has 0 saturated carbocycles. The standard InChI is InChI=1S/C13H17BrN4S2/c1-4-15-11-6-12(17-13(16-11)19-3)18(2)7-9-5-10(14)20-8-9/h5-6,8H,4,7H2,1-3H3,(H,15,16,17). The second-order valence-corrected chi connectivity index (χ2v) is 7.31. The monoisotopic (exact) mass is 372 g/mol. The summed E-state index contributed by atoms with van der Waals surface area (Å²) in [6, 6.07) is 4.13. The first-order valence-electron chi connectivity index (χ1n) is 6.23. The molecule has 0 saturated heterocycles. The van der Waals surface area contributed by atoms with Gasteiger partial charge in [-0.15, -0.1) is 11.3 Å². The van der Waals surface area contributed by atoms with Crippen molar-refractivity contribution in [2.45, 2.75) is 18.6 Å². The molecule has 0 unspecified atom stereocenters. The summed E-state index contributed by atoms with van der Waals surface area (Å²) in [6.45, 7) is 3.75. The van der Waals surface area contributed by atoms with Gasteiger partial charge < -0.3 is 10.2 Å². The van der Waals surface area contributed by atoms with Crippen LogP contribution in [0.15, 0.2) is 26.5 Å². The van der Waals surface area contributed by atoms with E-state index in [2.05, 4.69) is 54.5 Å². The molecule has 0 spiro atoms. The van der Waals surface area contributed by atoms with E-state index in [-0.39, 0.29) is 0 Å². The molecular formula is C13H17BrN4S2. The molecule has 2 heterocycles. The van der Waals surface area contributed by atoms with E-state index in [1.165, 1.54) is 5.56 Å². The van der Waals surface area contributed by atoms with Gasteiger partial charge in [-0.25, -0.2) is 9.97 Å². The van der Waals surface area contributed by atoms with Crippen LogP contribution in [0.3, 0.4) is 0 Å². The third kappa shape index (κ3) is 4.10. The number of aromatic nitrogens is 2. The predicted octanol–water partition coefficient (Wildman–Crippen LogP) is 4.09. The molecule has 0 aliphatic carbocycles. The van der Waals surface area contributed by atoms with Gasteiger partial charge >= 0.3 is 0 Å². The number of rotatable bonds is 6. The van der Waals surface area contributed by atoms with Gasteiger partial charge in [0.25, 0.3) is 0 Å². The Bertz CT molecular complexity index is 573. The zero-order chi connectivity index (χ0) is 14.5. The van der Waals surface area contributed by atoms with E-state index in [1.807, 2.05) is 19.4 Å². The first-order valence-corrected chi connectivity index (χ1v) is 9.13. The van der Waals surface area contributed by atoms with Crippen LogP contribution in [-0.2, 0) is 6.54 Å². The van der Waals surface area contributed by atoms with E-state index in [9.17, 15) is 0 Å². The first kappa shape index (κ1) is 15.6. The van der Waals surface area contributed by atoms with Crippen molar-refractivity contribution in [3.8, 4) is 0 Å². The van der Waals surface area contributed by atoms with Gasteiger partial charge in [0.2, 0.25) is 0 Å². The Hall–Kier alpha value is -0.790. The SMILES string of the molecule is CCNc1cc(N(C)Cc2csc(Br)c2)nc(SC)n1. The van der Waals surface area contributed by atoms with Crippen LogP contribution in [0.4, 0.5) is 11.6 Å². The lowest BCUT2D eigenvalue weighted by Crippen LogP contribution is -2.18. The number of thioether (sulfide) groups is 1. The average Bonchev–Trinajstić information content (AvgIpc) is 2.84. The van der Waals surface area contributed by atoms with Crippen molar-refractivity contribution in [2.75, 3.05) is 30.1 Å². The van der Waals surface area contributed by atoms with Crippen molar-refractivity contribution in [2.24, 2.45) is 0 Å². The van der Waals surface area contributed by atoms with E-state index in [1.54, 1.807) is 23.1 Å². The second-order valence-electron chi connectivity index (χ2n) is 4.24. The van der Waals surface area contributed by atoms with Gasteiger partial charge in [-0.3, -0.25) is 0 Å². The normalized spacial score (nSPS) is 10.6. The van der Waals surface area contributed by atoms with Crippen molar-refractivity contribution in [1.29, 1.82) is 0 Å². The van der Waals surface area contributed by atoms with Crippen LogP contribution in [0.2, 0.25) is 0 Å². The fraction of sp³-hybridized carbons (Fsp3) is 0.385. The summed E-state index contributed by atoms with van der Waals surface area (Å²) in [7, 11) is 2.05. The number of halogens is 1. The molecule has 1 N–H and O–H groups in total. The summed E-state index contributed by atoms with van der Waals surface area (Å²) in [4.78, 5) is 11.1. The molecule has 0 aromatic carbocycles. The maximum atomic E-state index is 4.57. The number of thiophene rings is 1. The number of nitrogens with zero attached hydrogens (tertiary/aromatic N) is 3. The molecule has 108 valence electrons. The van der Waals surface area contributed by atoms with Gasteiger partial charge in [0.15, 0.2) is 5.16 Å². The largest absolute Gasteiger partial charge is 0.370 e. The maximum Gasteiger partial charge on any atom is 0.191 e. The van der Waals surface area contributed by atoms with Crippen molar-refractivity contribution >= 4 is 50.7 Å². The number of hydrogen-bond donors (Lipinski definition) is 1. The van der Waals surface area contributed by atoms with Crippen molar-refractivity contribution in [3.05, 3.63) is 26.9 Å². The van der Waals surface area contributed by atoms with Crippen LogP contribution in [0.25, 0.3) is 0 Å². The summed E-state index contributed by atoms with van der Waals surface area (Å²) in [5.74, 6) is 1.81. The summed E-state index contributed by atoms with van der Waals surface area (Å²) < 4.78 is 1.15. The Morgan fingerprint density at radius 2 is 2.20 bits per heavy atom. The minimum atomic E-state index is 0.789. The smallest absolute Gasteiger partial charge is 0.191 e. The quantitative estimate of drug-likeness (QED) is 0.610. The molecule has 20 heavy (non-hydrogen) atoms. The zero-order valence-corrected chi connectivity index (χ0v) is 14.9. The van der Waals surface area contributed by atoms with Gasteiger partial charge in [-0.2, -0.15) is 0 Å². The molecule has 0 aliphatic heterocycles. The molecule has 0 aliphatic rings. The second kappa shape index (κ2) is 7.28. The minimum absolute atomic E-state index is 0.789. The Morgan fingerprint density at radius 1 is 1.40 bits per heavy atom. The highest BCUT2D eigenvalue weighted by atomic mass is 79.9. The van der Waals surface area contributed by atoms with Gasteiger partial charge in [0.05, 0.1) is 3.79 Å². The number of nitrogens with one attached hydrogen (secondary N) is 1. The molecular weight excluding hydrogens is 356 g/mol. The lowest BCUT2D eigenvalue weighted by molar-refractivity contribution is 0.858. The van der Waals surface area contributed by atoms with E-state index in [0.29, 0.717) is 0 Å². The molecule has 2 aromatic heterocycles. The summed E-state index contributed by atoms with van der Waals surface area (Å²) >= 11 is 6.75. The maximum absolute atomic E-state index is 4.57. The van der Waals surface area contributed by atoms with Crippen LogP contribution in [-0.4, -0.2) is 29.8 Å². The van der Waals surface area contributed by atoms with Gasteiger partial charge in [-0.1, -0.05) is 11.8 Å². The Morgan fingerprint density at radius 3 is 2.80 bits per heavy atom. The van der Waals surface area contributed by atoms with Crippen molar-refractivity contribution in [3.63, 3.8) is 0 Å². The van der Waals surface area contributed by atoms with Crippen LogP contribution in [0, 0.1) is 0 Å². The summed E-state index contributed by atoms with van der Waals surface area (Å²) in [6.07, 6.45) is 1.99. The highest BCUT2D eigenvalue weighted by Gasteiger charge is 2.09. The lowest BCUT2D eigenvalue weighted by atomic mass is 10.3. The van der Waals surface area contributed by atoms with E-state index in [4.69, 9.17) is 0 Å². The highest BCUT2D eigenvalue weighted by Crippen LogP contribution is 2.24. The van der Waals surface area contributed by atoms with E-state index in [0.717, 1.165) is 33.7 Å². The molecule has 2 rings (SSSR count).